The molecule has 144 valence electrons. The summed E-state index contributed by atoms with van der Waals surface area (Å²) in [4.78, 5) is 12.6. The van der Waals surface area contributed by atoms with Crippen LogP contribution in [0.5, 0.6) is 5.75 Å². The summed E-state index contributed by atoms with van der Waals surface area (Å²) in [7, 11) is 0. The predicted octanol–water partition coefficient (Wildman–Crippen LogP) is 6.79. The normalized spacial score (nSPS) is 19.9. The number of rotatable bonds is 8. The summed E-state index contributed by atoms with van der Waals surface area (Å²) >= 11 is 0. The Kier molecular flexibility index (Phi) is 7.09. The first-order valence-corrected chi connectivity index (χ1v) is 10.6. The highest BCUT2D eigenvalue weighted by Crippen LogP contribution is 2.35. The number of carbonyl (C=O) groups excluding carboxylic acids is 1. The maximum absolute atomic E-state index is 12.6. The number of hydrogen-bond acceptors (Lipinski definition) is 2. The molecular weight excluding hydrogens is 332 g/mol. The molecule has 3 rings (SSSR count). The molecule has 27 heavy (non-hydrogen) atoms. The molecule has 0 radical (unpaired) electrons. The zero-order chi connectivity index (χ0) is 19.1. The summed E-state index contributed by atoms with van der Waals surface area (Å²) in [5.41, 5.74) is 3.55. The van der Waals surface area contributed by atoms with Crippen molar-refractivity contribution < 1.29 is 9.53 Å². The van der Waals surface area contributed by atoms with Crippen molar-refractivity contribution in [1.29, 1.82) is 0 Å². The molecule has 1 aliphatic rings. The van der Waals surface area contributed by atoms with Crippen LogP contribution in [0.25, 0.3) is 11.1 Å². The Morgan fingerprint density at radius 2 is 1.56 bits per heavy atom. The summed E-state index contributed by atoms with van der Waals surface area (Å²) in [6, 6.07) is 16.9. The van der Waals surface area contributed by atoms with Crippen molar-refractivity contribution in [3.05, 3.63) is 54.1 Å². The molecule has 0 aromatic heterocycles. The molecule has 2 heteroatoms. The molecule has 0 amide bonds. The lowest BCUT2D eigenvalue weighted by atomic mass is 9.76. The van der Waals surface area contributed by atoms with E-state index in [4.69, 9.17) is 4.74 Å². The third kappa shape index (κ3) is 5.22. The third-order valence-corrected chi connectivity index (χ3v) is 5.71. The van der Waals surface area contributed by atoms with Gasteiger partial charge in [-0.2, -0.15) is 0 Å². The van der Waals surface area contributed by atoms with Gasteiger partial charge < -0.3 is 4.74 Å². The largest absolute Gasteiger partial charge is 0.494 e. The van der Waals surface area contributed by atoms with Crippen LogP contribution in [-0.2, 0) is 4.79 Å². The Bertz CT molecular complexity index is 715. The first kappa shape index (κ1) is 19.7. The molecule has 0 N–H and O–H groups in total. The first-order chi connectivity index (χ1) is 13.2. The van der Waals surface area contributed by atoms with Crippen LogP contribution in [0.4, 0.5) is 0 Å². The maximum atomic E-state index is 12.6. The highest BCUT2D eigenvalue weighted by molar-refractivity contribution is 5.86. The lowest BCUT2D eigenvalue weighted by Crippen LogP contribution is -2.23. The fourth-order valence-corrected chi connectivity index (χ4v) is 4.09. The van der Waals surface area contributed by atoms with Crippen LogP contribution < -0.4 is 4.74 Å². The molecule has 2 unspecified atom stereocenters. The monoisotopic (exact) mass is 364 g/mol. The molecule has 0 spiro atoms. The second-order valence-corrected chi connectivity index (χ2v) is 7.80. The van der Waals surface area contributed by atoms with Gasteiger partial charge in [0.15, 0.2) is 0 Å². The van der Waals surface area contributed by atoms with E-state index >= 15 is 0 Å². The van der Waals surface area contributed by atoms with Gasteiger partial charge in [0.2, 0.25) is 0 Å². The van der Waals surface area contributed by atoms with E-state index in [1.165, 1.54) is 36.0 Å². The minimum absolute atomic E-state index is 0.0986. The van der Waals surface area contributed by atoms with Crippen LogP contribution in [0, 0.1) is 5.92 Å². The quantitative estimate of drug-likeness (QED) is 0.482. The second kappa shape index (κ2) is 9.73. The molecule has 0 saturated heterocycles. The lowest BCUT2D eigenvalue weighted by Gasteiger charge is -2.27. The SMILES string of the molecule is CCCCOc1ccc(-c2ccc(C3CCC(CCC)CC3=O)cc2)cc1. The smallest absolute Gasteiger partial charge is 0.140 e. The minimum Gasteiger partial charge on any atom is -0.494 e. The molecule has 0 bridgehead atoms. The Morgan fingerprint density at radius 1 is 0.889 bits per heavy atom. The van der Waals surface area contributed by atoms with E-state index in [9.17, 15) is 4.79 Å². The molecular formula is C25H32O2. The van der Waals surface area contributed by atoms with Crippen molar-refractivity contribution in [2.24, 2.45) is 5.92 Å². The van der Waals surface area contributed by atoms with Gasteiger partial charge in [-0.3, -0.25) is 4.79 Å². The zero-order valence-electron chi connectivity index (χ0n) is 16.7. The van der Waals surface area contributed by atoms with Crippen LogP contribution in [0.15, 0.2) is 48.5 Å². The van der Waals surface area contributed by atoms with Crippen LogP contribution in [-0.4, -0.2) is 12.4 Å². The number of ether oxygens (including phenoxy) is 1. The summed E-state index contributed by atoms with van der Waals surface area (Å²) < 4.78 is 5.74. The molecule has 1 saturated carbocycles. The van der Waals surface area contributed by atoms with Gasteiger partial charge >= 0.3 is 0 Å². The molecule has 1 aliphatic carbocycles. The van der Waals surface area contributed by atoms with Gasteiger partial charge in [-0.15, -0.1) is 0 Å². The highest BCUT2D eigenvalue weighted by Gasteiger charge is 2.29. The fraction of sp³-hybridized carbons (Fsp3) is 0.480. The van der Waals surface area contributed by atoms with E-state index in [2.05, 4.69) is 50.2 Å². The van der Waals surface area contributed by atoms with Crippen LogP contribution >= 0.6 is 0 Å². The Hall–Kier alpha value is -2.09. The number of unbranched alkanes of at least 4 members (excludes halogenated alkanes) is 1. The van der Waals surface area contributed by atoms with Gasteiger partial charge in [-0.1, -0.05) is 69.5 Å². The fourth-order valence-electron chi connectivity index (χ4n) is 4.09. The van der Waals surface area contributed by atoms with Gasteiger partial charge in [0.1, 0.15) is 11.5 Å². The number of Topliss-reactive ketones (excluding diaryl/α,β-unsaturated/α-hetero) is 1. The highest BCUT2D eigenvalue weighted by atomic mass is 16.5. The van der Waals surface area contributed by atoms with E-state index < -0.39 is 0 Å². The number of benzene rings is 2. The Morgan fingerprint density at radius 3 is 2.15 bits per heavy atom. The van der Waals surface area contributed by atoms with Crippen LogP contribution in [0.1, 0.15) is 70.3 Å². The predicted molar refractivity (Wildman–Crippen MR) is 112 cm³/mol. The van der Waals surface area contributed by atoms with E-state index in [0.29, 0.717) is 11.7 Å². The summed E-state index contributed by atoms with van der Waals surface area (Å²) in [5, 5.41) is 0. The third-order valence-electron chi connectivity index (χ3n) is 5.71. The second-order valence-electron chi connectivity index (χ2n) is 7.80. The number of ketones is 1. The molecule has 1 fully saturated rings. The molecule has 2 aromatic carbocycles. The molecule has 2 atom stereocenters. The van der Waals surface area contributed by atoms with Gasteiger partial charge in [0.05, 0.1) is 6.61 Å². The molecule has 2 nitrogen and oxygen atoms in total. The maximum Gasteiger partial charge on any atom is 0.140 e. The molecule has 0 heterocycles. The van der Waals surface area contributed by atoms with Crippen molar-refractivity contribution in [1.82, 2.24) is 0 Å². The molecule has 2 aromatic rings. The summed E-state index contributed by atoms with van der Waals surface area (Å²) in [6.07, 6.45) is 7.56. The average molecular weight is 365 g/mol. The van der Waals surface area contributed by atoms with E-state index in [-0.39, 0.29) is 5.92 Å². The average Bonchev–Trinajstić information content (AvgIpc) is 2.69. The topological polar surface area (TPSA) is 26.3 Å². The summed E-state index contributed by atoms with van der Waals surface area (Å²) in [6.45, 7) is 5.15. The molecule has 0 aliphatic heterocycles. The van der Waals surface area contributed by atoms with Crippen LogP contribution in [0.2, 0.25) is 0 Å². The first-order valence-electron chi connectivity index (χ1n) is 10.6. The van der Waals surface area contributed by atoms with Crippen LogP contribution in [0.3, 0.4) is 0 Å². The standard InChI is InChI=1S/C25H32O2/c1-3-5-17-27-23-14-12-21(13-15-23)20-8-10-22(11-9-20)24-16-7-19(6-4-2)18-25(24)26/h8-15,19,24H,3-7,16-18H2,1-2H3. The van der Waals surface area contributed by atoms with Gasteiger partial charge in [0.25, 0.3) is 0 Å². The zero-order valence-corrected chi connectivity index (χ0v) is 16.7. The van der Waals surface area contributed by atoms with Crippen molar-refractivity contribution in [2.45, 2.75) is 64.7 Å². The Labute approximate surface area is 164 Å². The van der Waals surface area contributed by atoms with E-state index in [1.54, 1.807) is 0 Å². The number of hydrogen-bond donors (Lipinski definition) is 0. The minimum atomic E-state index is 0.0986. The van der Waals surface area contributed by atoms with E-state index in [0.717, 1.165) is 38.0 Å². The van der Waals surface area contributed by atoms with Crippen molar-refractivity contribution >= 4 is 5.78 Å². The van der Waals surface area contributed by atoms with Gasteiger partial charge in [0, 0.05) is 12.3 Å². The van der Waals surface area contributed by atoms with E-state index in [1.807, 2.05) is 12.1 Å². The van der Waals surface area contributed by atoms with Crippen molar-refractivity contribution in [2.75, 3.05) is 6.61 Å². The lowest BCUT2D eigenvalue weighted by molar-refractivity contribution is -0.123. The number of carbonyl (C=O) groups is 1. The van der Waals surface area contributed by atoms with Gasteiger partial charge in [-0.05, 0) is 54.0 Å². The van der Waals surface area contributed by atoms with Crippen molar-refractivity contribution in [3.63, 3.8) is 0 Å². The van der Waals surface area contributed by atoms with Crippen molar-refractivity contribution in [3.8, 4) is 16.9 Å². The summed E-state index contributed by atoms with van der Waals surface area (Å²) in [5.74, 6) is 2.07. The van der Waals surface area contributed by atoms with Gasteiger partial charge in [-0.25, -0.2) is 0 Å². The Balaban J connectivity index is 1.62.